The molecule has 1 aromatic heterocycles. The monoisotopic (exact) mass is 472 g/mol. The van der Waals surface area contributed by atoms with Crippen molar-refractivity contribution in [3.05, 3.63) is 24.0 Å². The van der Waals surface area contributed by atoms with E-state index < -0.39 is 5.82 Å². The van der Waals surface area contributed by atoms with Crippen molar-refractivity contribution < 1.29 is 13.6 Å². The number of aromatic nitrogens is 3. The second kappa shape index (κ2) is 10.7. The van der Waals surface area contributed by atoms with E-state index in [-0.39, 0.29) is 5.75 Å². The Hall–Kier alpha value is -2.68. The molecule has 2 atom stereocenters. The van der Waals surface area contributed by atoms with Crippen molar-refractivity contribution >= 4 is 23.5 Å². The predicted octanol–water partition coefficient (Wildman–Crippen LogP) is 4.57. The van der Waals surface area contributed by atoms with Crippen LogP contribution >= 0.6 is 0 Å². The fourth-order valence-corrected chi connectivity index (χ4v) is 5.29. The molecule has 0 spiro atoms. The lowest BCUT2D eigenvalue weighted by molar-refractivity contribution is -0.917. The molecule has 1 aromatic carbocycles. The van der Waals surface area contributed by atoms with Gasteiger partial charge in [0.1, 0.15) is 6.04 Å². The maximum absolute atomic E-state index is 14.2. The number of likely N-dealkylation sites (tertiary alicyclic amines) is 1. The smallest absolute Gasteiger partial charge is 0.233 e. The average molecular weight is 473 g/mol. The lowest BCUT2D eigenvalue weighted by Gasteiger charge is -2.35. The fraction of sp³-hybridized carbons (Fsp3) is 0.640. The molecule has 9 heteroatoms. The summed E-state index contributed by atoms with van der Waals surface area (Å²) in [4.78, 5) is 16.3. The lowest BCUT2D eigenvalue weighted by Crippen LogP contribution is -2.50. The third-order valence-electron chi connectivity index (χ3n) is 7.78. The fourth-order valence-electron chi connectivity index (χ4n) is 5.29. The molecule has 1 saturated heterocycles. The Morgan fingerprint density at radius 2 is 1.85 bits per heavy atom. The van der Waals surface area contributed by atoms with E-state index in [0.717, 1.165) is 30.4 Å². The highest BCUT2D eigenvalue weighted by Gasteiger charge is 2.36. The van der Waals surface area contributed by atoms with Gasteiger partial charge in [0.25, 0.3) is 0 Å². The van der Waals surface area contributed by atoms with Crippen LogP contribution in [0.3, 0.4) is 0 Å². The summed E-state index contributed by atoms with van der Waals surface area (Å²) in [6.45, 7) is 5.41. The minimum Gasteiger partial charge on any atom is -0.494 e. The summed E-state index contributed by atoms with van der Waals surface area (Å²) < 4.78 is 20.3. The van der Waals surface area contributed by atoms with Gasteiger partial charge in [0.15, 0.2) is 11.6 Å². The van der Waals surface area contributed by atoms with Crippen molar-refractivity contribution in [3.63, 3.8) is 0 Å². The molecule has 8 nitrogen and oxygen atoms in total. The van der Waals surface area contributed by atoms with Crippen LogP contribution in [0.25, 0.3) is 0 Å². The van der Waals surface area contributed by atoms with Crippen molar-refractivity contribution in [2.45, 2.75) is 64.0 Å². The second-order valence-corrected chi connectivity index (χ2v) is 9.86. The van der Waals surface area contributed by atoms with Gasteiger partial charge < -0.3 is 24.8 Å². The average Bonchev–Trinajstić information content (AvgIpc) is 3.23. The number of methoxy groups -OCH3 is 1. The molecule has 2 N–H and O–H groups in total. The highest BCUT2D eigenvalue weighted by molar-refractivity contribution is 5.57. The van der Waals surface area contributed by atoms with Gasteiger partial charge in [0.2, 0.25) is 17.8 Å². The Bertz CT molecular complexity index is 968. The first-order chi connectivity index (χ1) is 16.4. The number of rotatable bonds is 9. The first-order valence-corrected chi connectivity index (χ1v) is 12.6. The quantitative estimate of drug-likeness (QED) is 0.518. The van der Waals surface area contributed by atoms with Gasteiger partial charge in [-0.1, -0.05) is 19.3 Å². The van der Waals surface area contributed by atoms with Crippen LogP contribution in [-0.4, -0.2) is 72.4 Å². The summed E-state index contributed by atoms with van der Waals surface area (Å²) >= 11 is 0. The van der Waals surface area contributed by atoms with Gasteiger partial charge >= 0.3 is 0 Å². The van der Waals surface area contributed by atoms with Gasteiger partial charge in [-0.05, 0) is 31.9 Å². The molecule has 1 aliphatic carbocycles. The van der Waals surface area contributed by atoms with E-state index in [1.165, 1.54) is 51.8 Å². The molecule has 186 valence electrons. The summed E-state index contributed by atoms with van der Waals surface area (Å²) in [6, 6.07) is 5.70. The molecule has 4 rings (SSSR count). The standard InChI is InChI=1S/C25H39FN7O/c1-5-33(3)15-9-12-20(33)17-27-23-29-24(28-18-13-14-22(34-4)21(26)16-18)31-25(30-23)32(2)19-10-7-6-8-11-19/h13-14,16,19-20H,5-12,15,17H2,1-4H3,(H2,27,28,29,30,31)/q+1. The normalized spacial score (nSPS) is 23.0. The summed E-state index contributed by atoms with van der Waals surface area (Å²) in [7, 11) is 5.85. The Kier molecular flexibility index (Phi) is 7.70. The summed E-state index contributed by atoms with van der Waals surface area (Å²) in [5, 5.41) is 6.65. The number of halogens is 1. The number of likely N-dealkylation sites (N-methyl/N-ethyl adjacent to an activating group) is 1. The Morgan fingerprint density at radius 3 is 2.56 bits per heavy atom. The van der Waals surface area contributed by atoms with E-state index in [2.05, 4.69) is 41.5 Å². The molecular formula is C25H39FN7O+. The SMILES string of the molecule is CC[N+]1(C)CCCC1CNc1nc(Nc2ccc(OC)c(F)c2)nc(N(C)C2CCCCC2)n1. The minimum absolute atomic E-state index is 0.204. The van der Waals surface area contributed by atoms with E-state index in [1.54, 1.807) is 12.1 Å². The zero-order valence-electron chi connectivity index (χ0n) is 21.0. The molecule has 2 aliphatic rings. The highest BCUT2D eigenvalue weighted by Crippen LogP contribution is 2.28. The van der Waals surface area contributed by atoms with Crippen molar-refractivity contribution in [2.24, 2.45) is 0 Å². The summed E-state index contributed by atoms with van der Waals surface area (Å²) in [6.07, 6.45) is 8.50. The van der Waals surface area contributed by atoms with Gasteiger partial charge in [-0.3, -0.25) is 0 Å². The number of nitrogens with one attached hydrogen (secondary N) is 2. The molecule has 1 saturated carbocycles. The number of nitrogens with zero attached hydrogens (tertiary/aromatic N) is 5. The van der Waals surface area contributed by atoms with Crippen molar-refractivity contribution in [2.75, 3.05) is 56.4 Å². The third kappa shape index (κ3) is 5.51. The first-order valence-electron chi connectivity index (χ1n) is 12.6. The molecule has 2 heterocycles. The Labute approximate surface area is 202 Å². The molecule has 34 heavy (non-hydrogen) atoms. The van der Waals surface area contributed by atoms with Crippen molar-refractivity contribution in [3.8, 4) is 5.75 Å². The van der Waals surface area contributed by atoms with Gasteiger partial charge in [0.05, 0.1) is 33.8 Å². The molecule has 0 amide bonds. The molecule has 1 aliphatic heterocycles. The number of hydrogen-bond donors (Lipinski definition) is 2. The van der Waals surface area contributed by atoms with Crippen molar-refractivity contribution in [1.82, 2.24) is 15.0 Å². The molecule has 0 bridgehead atoms. The number of anilines is 4. The maximum atomic E-state index is 14.2. The topological polar surface area (TPSA) is 75.2 Å². The predicted molar refractivity (Wildman–Crippen MR) is 134 cm³/mol. The Morgan fingerprint density at radius 1 is 1.09 bits per heavy atom. The first kappa shape index (κ1) is 24.4. The van der Waals surface area contributed by atoms with Crippen LogP contribution in [0.5, 0.6) is 5.75 Å². The number of hydrogen-bond acceptors (Lipinski definition) is 7. The van der Waals surface area contributed by atoms with Gasteiger partial charge in [-0.2, -0.15) is 15.0 Å². The van der Waals surface area contributed by atoms with Crippen molar-refractivity contribution in [1.29, 1.82) is 0 Å². The zero-order chi connectivity index (χ0) is 24.1. The van der Waals surface area contributed by atoms with Crippen LogP contribution in [0.2, 0.25) is 0 Å². The van der Waals surface area contributed by atoms with Gasteiger partial charge in [0, 0.05) is 37.7 Å². The minimum atomic E-state index is -0.433. The molecule has 2 aromatic rings. The summed E-state index contributed by atoms with van der Waals surface area (Å²) in [5.74, 6) is 1.37. The van der Waals surface area contributed by atoms with Crippen LogP contribution < -0.4 is 20.3 Å². The van der Waals surface area contributed by atoms with Crippen LogP contribution in [0.1, 0.15) is 51.9 Å². The maximum Gasteiger partial charge on any atom is 0.233 e. The second-order valence-electron chi connectivity index (χ2n) is 9.86. The van der Waals surface area contributed by atoms with E-state index >= 15 is 0 Å². The zero-order valence-corrected chi connectivity index (χ0v) is 21.0. The third-order valence-corrected chi connectivity index (χ3v) is 7.78. The van der Waals surface area contributed by atoms with Crippen LogP contribution in [0.15, 0.2) is 18.2 Å². The van der Waals surface area contributed by atoms with Gasteiger partial charge in [-0.15, -0.1) is 0 Å². The number of quaternary nitrogens is 1. The number of benzene rings is 1. The van der Waals surface area contributed by atoms with E-state index in [1.807, 2.05) is 0 Å². The Balaban J connectivity index is 1.57. The van der Waals surface area contributed by atoms with Gasteiger partial charge in [-0.25, -0.2) is 4.39 Å². The largest absolute Gasteiger partial charge is 0.494 e. The summed E-state index contributed by atoms with van der Waals surface area (Å²) in [5.41, 5.74) is 0.563. The highest BCUT2D eigenvalue weighted by atomic mass is 19.1. The van der Waals surface area contributed by atoms with Crippen LogP contribution in [0.4, 0.5) is 27.9 Å². The lowest BCUT2D eigenvalue weighted by atomic mass is 9.95. The molecule has 2 fully saturated rings. The van der Waals surface area contributed by atoms with Crippen LogP contribution in [-0.2, 0) is 0 Å². The van der Waals surface area contributed by atoms with Crippen LogP contribution in [0, 0.1) is 5.82 Å². The number of ether oxygens (including phenoxy) is 1. The molecular weight excluding hydrogens is 433 g/mol. The molecule has 0 radical (unpaired) electrons. The molecule has 2 unspecified atom stereocenters. The van der Waals surface area contributed by atoms with E-state index in [4.69, 9.17) is 14.7 Å². The van der Waals surface area contributed by atoms with E-state index in [9.17, 15) is 4.39 Å². The van der Waals surface area contributed by atoms with E-state index in [0.29, 0.717) is 35.6 Å².